The highest BCUT2D eigenvalue weighted by molar-refractivity contribution is 6.32. The molecule has 19 heavy (non-hydrogen) atoms. The summed E-state index contributed by atoms with van der Waals surface area (Å²) < 4.78 is 10.7. The van der Waals surface area contributed by atoms with Crippen molar-refractivity contribution < 1.29 is 14.3 Å². The van der Waals surface area contributed by atoms with E-state index in [0.717, 1.165) is 12.8 Å². The second-order valence-corrected chi connectivity index (χ2v) is 4.46. The van der Waals surface area contributed by atoms with E-state index in [9.17, 15) is 4.79 Å². The Bertz CT molecular complexity index is 426. The fourth-order valence-corrected chi connectivity index (χ4v) is 1.80. The summed E-state index contributed by atoms with van der Waals surface area (Å²) in [6.07, 6.45) is 1.78. The van der Waals surface area contributed by atoms with Crippen molar-refractivity contribution in [3.8, 4) is 11.5 Å². The van der Waals surface area contributed by atoms with Gasteiger partial charge in [-0.05, 0) is 25.0 Å². The van der Waals surface area contributed by atoms with E-state index < -0.39 is 6.10 Å². The Morgan fingerprint density at radius 2 is 2.26 bits per heavy atom. The molecule has 0 heterocycles. The quantitative estimate of drug-likeness (QED) is 0.458. The molecule has 0 fully saturated rings. The van der Waals surface area contributed by atoms with E-state index >= 15 is 0 Å². The van der Waals surface area contributed by atoms with E-state index in [1.165, 1.54) is 0 Å². The fourth-order valence-electron chi connectivity index (χ4n) is 1.58. The molecule has 0 saturated carbocycles. The van der Waals surface area contributed by atoms with Crippen LogP contribution in [0.4, 0.5) is 0 Å². The van der Waals surface area contributed by atoms with E-state index in [-0.39, 0.29) is 5.91 Å². The molecule has 1 rings (SSSR count). The van der Waals surface area contributed by atoms with Crippen LogP contribution in [0.15, 0.2) is 18.2 Å². The summed E-state index contributed by atoms with van der Waals surface area (Å²) in [6.45, 7) is 2.04. The second-order valence-electron chi connectivity index (χ2n) is 4.05. The molecule has 1 amide bonds. The lowest BCUT2D eigenvalue weighted by atomic mass is 10.1. The molecule has 0 aliphatic rings. The second kappa shape index (κ2) is 7.86. The SMILES string of the molecule is CCCCC(Oc1ccc(OC)cc1Cl)C(=O)NN. The summed E-state index contributed by atoms with van der Waals surface area (Å²) >= 11 is 6.07. The van der Waals surface area contributed by atoms with Crippen molar-refractivity contribution in [2.24, 2.45) is 5.84 Å². The highest BCUT2D eigenvalue weighted by Crippen LogP contribution is 2.30. The summed E-state index contributed by atoms with van der Waals surface area (Å²) in [4.78, 5) is 11.6. The molecule has 1 aromatic carbocycles. The zero-order valence-electron chi connectivity index (χ0n) is 11.1. The van der Waals surface area contributed by atoms with Crippen molar-refractivity contribution in [2.75, 3.05) is 7.11 Å². The lowest BCUT2D eigenvalue weighted by Gasteiger charge is -2.18. The molecule has 0 aliphatic carbocycles. The first-order valence-electron chi connectivity index (χ1n) is 6.13. The standard InChI is InChI=1S/C13H19ClN2O3/c1-3-4-5-12(13(17)16-15)19-11-7-6-9(18-2)8-10(11)14/h6-8,12H,3-5,15H2,1-2H3,(H,16,17). The molecule has 0 spiro atoms. The number of carbonyl (C=O) groups is 1. The molecule has 1 unspecified atom stereocenters. The number of nitrogens with two attached hydrogens (primary N) is 1. The van der Waals surface area contributed by atoms with Gasteiger partial charge in [-0.2, -0.15) is 0 Å². The minimum Gasteiger partial charge on any atom is -0.497 e. The number of ether oxygens (including phenoxy) is 2. The monoisotopic (exact) mass is 286 g/mol. The topological polar surface area (TPSA) is 73.6 Å². The number of nitrogens with one attached hydrogen (secondary N) is 1. The Kier molecular flexibility index (Phi) is 6.45. The molecule has 106 valence electrons. The van der Waals surface area contributed by atoms with Crippen molar-refractivity contribution in [3.63, 3.8) is 0 Å². The van der Waals surface area contributed by atoms with E-state index in [4.69, 9.17) is 26.9 Å². The molecule has 5 nitrogen and oxygen atoms in total. The summed E-state index contributed by atoms with van der Waals surface area (Å²) in [5.74, 6) is 5.86. The zero-order valence-corrected chi connectivity index (χ0v) is 11.9. The Morgan fingerprint density at radius 1 is 1.53 bits per heavy atom. The largest absolute Gasteiger partial charge is 0.497 e. The minimum absolute atomic E-state index is 0.361. The summed E-state index contributed by atoms with van der Waals surface area (Å²) in [5, 5.41) is 0.394. The van der Waals surface area contributed by atoms with Crippen LogP contribution < -0.4 is 20.7 Å². The molecule has 3 N–H and O–H groups in total. The molecular formula is C13H19ClN2O3. The third-order valence-corrected chi connectivity index (χ3v) is 2.96. The molecule has 0 bridgehead atoms. The van der Waals surface area contributed by atoms with Gasteiger partial charge in [0.2, 0.25) is 0 Å². The van der Waals surface area contributed by atoms with Gasteiger partial charge in [0.05, 0.1) is 12.1 Å². The van der Waals surface area contributed by atoms with Crippen LogP contribution in [0, 0.1) is 0 Å². The van der Waals surface area contributed by atoms with E-state index in [0.29, 0.717) is 22.9 Å². The Balaban J connectivity index is 2.80. The average Bonchev–Trinajstić information content (AvgIpc) is 2.43. The van der Waals surface area contributed by atoms with Gasteiger partial charge in [-0.25, -0.2) is 5.84 Å². The predicted octanol–water partition coefficient (Wildman–Crippen LogP) is 2.28. The highest BCUT2D eigenvalue weighted by Gasteiger charge is 2.20. The Morgan fingerprint density at radius 3 is 2.79 bits per heavy atom. The maximum Gasteiger partial charge on any atom is 0.274 e. The number of hydrogen-bond acceptors (Lipinski definition) is 4. The van der Waals surface area contributed by atoms with Crippen molar-refractivity contribution in [1.82, 2.24) is 5.43 Å². The van der Waals surface area contributed by atoms with Crippen LogP contribution in [0.25, 0.3) is 0 Å². The summed E-state index contributed by atoms with van der Waals surface area (Å²) in [7, 11) is 1.55. The molecule has 6 heteroatoms. The minimum atomic E-state index is -0.643. The maximum absolute atomic E-state index is 11.6. The van der Waals surface area contributed by atoms with Gasteiger partial charge in [-0.15, -0.1) is 0 Å². The number of benzene rings is 1. The zero-order chi connectivity index (χ0) is 14.3. The smallest absolute Gasteiger partial charge is 0.274 e. The van der Waals surface area contributed by atoms with Crippen LogP contribution in [0.1, 0.15) is 26.2 Å². The molecule has 0 radical (unpaired) electrons. The molecule has 1 atom stereocenters. The number of halogens is 1. The third-order valence-electron chi connectivity index (χ3n) is 2.66. The number of hydrogen-bond donors (Lipinski definition) is 2. The molecule has 1 aromatic rings. The van der Waals surface area contributed by atoms with Gasteiger partial charge in [0.25, 0.3) is 5.91 Å². The fraction of sp³-hybridized carbons (Fsp3) is 0.462. The van der Waals surface area contributed by atoms with Crippen LogP contribution >= 0.6 is 11.6 Å². The van der Waals surface area contributed by atoms with Crippen molar-refractivity contribution in [1.29, 1.82) is 0 Å². The van der Waals surface area contributed by atoms with Gasteiger partial charge >= 0.3 is 0 Å². The number of methoxy groups -OCH3 is 1. The summed E-state index contributed by atoms with van der Waals surface area (Å²) in [6, 6.07) is 5.02. The van der Waals surface area contributed by atoms with Gasteiger partial charge in [-0.3, -0.25) is 10.2 Å². The molecule has 0 aromatic heterocycles. The van der Waals surface area contributed by atoms with Crippen LogP contribution in [0.2, 0.25) is 5.02 Å². The van der Waals surface area contributed by atoms with Crippen molar-refractivity contribution in [2.45, 2.75) is 32.3 Å². The van der Waals surface area contributed by atoms with Gasteiger partial charge in [0.1, 0.15) is 11.5 Å². The predicted molar refractivity (Wildman–Crippen MR) is 74.3 cm³/mol. The first kappa shape index (κ1) is 15.6. The first-order chi connectivity index (χ1) is 9.12. The van der Waals surface area contributed by atoms with Gasteiger partial charge in [-0.1, -0.05) is 24.9 Å². The molecule has 0 saturated heterocycles. The van der Waals surface area contributed by atoms with Crippen LogP contribution in [-0.2, 0) is 4.79 Å². The average molecular weight is 287 g/mol. The molecule has 0 aliphatic heterocycles. The lowest BCUT2D eigenvalue weighted by Crippen LogP contribution is -2.42. The van der Waals surface area contributed by atoms with Crippen molar-refractivity contribution in [3.05, 3.63) is 23.2 Å². The third kappa shape index (κ3) is 4.61. The molecular weight excluding hydrogens is 268 g/mol. The Labute approximate surface area is 118 Å². The van der Waals surface area contributed by atoms with Gasteiger partial charge < -0.3 is 9.47 Å². The number of unbranched alkanes of at least 4 members (excludes halogenated alkanes) is 1. The van der Waals surface area contributed by atoms with E-state index in [2.05, 4.69) is 5.43 Å². The van der Waals surface area contributed by atoms with E-state index in [1.807, 2.05) is 6.92 Å². The van der Waals surface area contributed by atoms with Gasteiger partial charge in [0.15, 0.2) is 6.10 Å². The first-order valence-corrected chi connectivity index (χ1v) is 6.50. The maximum atomic E-state index is 11.6. The van der Waals surface area contributed by atoms with Crippen LogP contribution in [0.5, 0.6) is 11.5 Å². The van der Waals surface area contributed by atoms with Gasteiger partial charge in [0, 0.05) is 6.07 Å². The van der Waals surface area contributed by atoms with Crippen LogP contribution in [0.3, 0.4) is 0 Å². The number of hydrazine groups is 1. The Hall–Kier alpha value is -1.46. The normalized spacial score (nSPS) is 11.8. The lowest BCUT2D eigenvalue weighted by molar-refractivity contribution is -0.128. The summed E-state index contributed by atoms with van der Waals surface area (Å²) in [5.41, 5.74) is 2.10. The number of amides is 1. The van der Waals surface area contributed by atoms with Crippen molar-refractivity contribution >= 4 is 17.5 Å². The van der Waals surface area contributed by atoms with E-state index in [1.54, 1.807) is 25.3 Å². The van der Waals surface area contributed by atoms with Crippen LogP contribution in [-0.4, -0.2) is 19.1 Å². The number of carbonyl (C=O) groups excluding carboxylic acids is 1. The highest BCUT2D eigenvalue weighted by atomic mass is 35.5. The number of rotatable bonds is 7.